The van der Waals surface area contributed by atoms with Crippen molar-refractivity contribution in [2.45, 2.75) is 11.6 Å². The summed E-state index contributed by atoms with van der Waals surface area (Å²) in [7, 11) is 0. The summed E-state index contributed by atoms with van der Waals surface area (Å²) >= 11 is 1.39. The van der Waals surface area contributed by atoms with E-state index in [0.29, 0.717) is 16.6 Å². The molecule has 0 unspecified atom stereocenters. The van der Waals surface area contributed by atoms with E-state index in [0.717, 1.165) is 33.3 Å². The molecule has 1 N–H and O–H groups in total. The van der Waals surface area contributed by atoms with Gasteiger partial charge in [-0.25, -0.2) is 9.37 Å². The van der Waals surface area contributed by atoms with E-state index in [1.807, 2.05) is 18.2 Å². The molecule has 0 saturated carbocycles. The largest absolute Gasteiger partial charge is 0.326 e. The molecule has 29 heavy (non-hydrogen) atoms. The van der Waals surface area contributed by atoms with E-state index in [4.69, 9.17) is 4.98 Å². The fourth-order valence-corrected chi connectivity index (χ4v) is 4.19. The van der Waals surface area contributed by atoms with Gasteiger partial charge in [-0.05, 0) is 29.7 Å². The third-order valence-corrected chi connectivity index (χ3v) is 5.61. The maximum atomic E-state index is 12.9. The molecule has 0 fully saturated rings. The first kappa shape index (κ1) is 17.8. The highest BCUT2D eigenvalue weighted by Gasteiger charge is 2.24. The van der Waals surface area contributed by atoms with Crippen LogP contribution in [0.25, 0.3) is 33.3 Å². The van der Waals surface area contributed by atoms with Crippen LogP contribution < -0.4 is 5.32 Å². The van der Waals surface area contributed by atoms with Crippen molar-refractivity contribution in [1.82, 2.24) is 15.2 Å². The van der Waals surface area contributed by atoms with Gasteiger partial charge < -0.3 is 5.32 Å². The second-order valence-corrected chi connectivity index (χ2v) is 7.72. The number of amides is 1. The highest BCUT2D eigenvalue weighted by atomic mass is 32.2. The average Bonchev–Trinajstić information content (AvgIpc) is 3.05. The van der Waals surface area contributed by atoms with Crippen molar-refractivity contribution in [3.8, 4) is 22.5 Å². The number of aromatic nitrogens is 3. The lowest BCUT2D eigenvalue weighted by atomic mass is 10.0. The minimum atomic E-state index is -0.336. The Kier molecular flexibility index (Phi) is 4.44. The number of carbonyl (C=O) groups excluding carboxylic acids is 1. The Morgan fingerprint density at radius 1 is 0.931 bits per heavy atom. The van der Waals surface area contributed by atoms with Crippen LogP contribution in [-0.4, -0.2) is 26.8 Å². The molecule has 1 aromatic heterocycles. The molecule has 0 radical (unpaired) electrons. The Morgan fingerprint density at radius 2 is 1.66 bits per heavy atom. The Labute approximate surface area is 170 Å². The first-order chi connectivity index (χ1) is 14.2. The lowest BCUT2D eigenvalue weighted by Gasteiger charge is -2.05. The summed E-state index contributed by atoms with van der Waals surface area (Å²) in [4.78, 5) is 16.8. The van der Waals surface area contributed by atoms with Crippen molar-refractivity contribution < 1.29 is 9.18 Å². The molecule has 0 atom stereocenters. The van der Waals surface area contributed by atoms with Gasteiger partial charge in [-0.1, -0.05) is 48.2 Å². The zero-order chi connectivity index (χ0) is 19.8. The third kappa shape index (κ3) is 3.34. The van der Waals surface area contributed by atoms with Crippen LogP contribution in [0.4, 0.5) is 10.1 Å². The van der Waals surface area contributed by atoms with Gasteiger partial charge >= 0.3 is 0 Å². The minimum absolute atomic E-state index is 0.143. The molecule has 0 spiro atoms. The number of carbonyl (C=O) groups is 1. The number of halogens is 1. The number of fused-ring (bicyclic) bond motifs is 3. The first-order valence-electron chi connectivity index (χ1n) is 9.14. The second kappa shape index (κ2) is 7.25. The molecule has 3 aromatic carbocycles. The minimum Gasteiger partial charge on any atom is -0.326 e. The van der Waals surface area contributed by atoms with Gasteiger partial charge in [0.05, 0.1) is 0 Å². The SMILES string of the molecule is O=C(CCSc1nnc2c(n1)-c1cccc3cccc-2c13)Nc1ccc(F)cc1. The van der Waals surface area contributed by atoms with Crippen LogP contribution in [0.15, 0.2) is 65.8 Å². The summed E-state index contributed by atoms with van der Waals surface area (Å²) in [5, 5.41) is 14.3. The van der Waals surface area contributed by atoms with Gasteiger partial charge in [-0.2, -0.15) is 0 Å². The van der Waals surface area contributed by atoms with Gasteiger partial charge in [0.2, 0.25) is 11.1 Å². The summed E-state index contributed by atoms with van der Waals surface area (Å²) in [5.74, 6) is 0.0398. The van der Waals surface area contributed by atoms with Crippen LogP contribution in [0.1, 0.15) is 6.42 Å². The van der Waals surface area contributed by atoms with Crippen LogP contribution in [0.2, 0.25) is 0 Å². The summed E-state index contributed by atoms with van der Waals surface area (Å²) in [6.45, 7) is 0. The average molecular weight is 402 g/mol. The maximum absolute atomic E-state index is 12.9. The summed E-state index contributed by atoms with van der Waals surface area (Å²) in [6.07, 6.45) is 0.290. The van der Waals surface area contributed by atoms with Crippen molar-refractivity contribution in [3.05, 3.63) is 66.5 Å². The third-order valence-electron chi connectivity index (χ3n) is 4.77. The Morgan fingerprint density at radius 3 is 2.41 bits per heavy atom. The van der Waals surface area contributed by atoms with Crippen LogP contribution in [0.5, 0.6) is 0 Å². The van der Waals surface area contributed by atoms with E-state index < -0.39 is 0 Å². The molecule has 7 heteroatoms. The van der Waals surface area contributed by atoms with Crippen molar-refractivity contribution in [2.75, 3.05) is 11.1 Å². The van der Waals surface area contributed by atoms with Crippen LogP contribution in [0.3, 0.4) is 0 Å². The summed E-state index contributed by atoms with van der Waals surface area (Å²) in [5.41, 5.74) is 4.34. The van der Waals surface area contributed by atoms with Gasteiger partial charge in [-0.15, -0.1) is 10.2 Å². The Balaban J connectivity index is 1.28. The van der Waals surface area contributed by atoms with E-state index in [9.17, 15) is 9.18 Å². The zero-order valence-corrected chi connectivity index (χ0v) is 16.0. The highest BCUT2D eigenvalue weighted by Crippen LogP contribution is 2.44. The normalized spacial score (nSPS) is 11.5. The van der Waals surface area contributed by atoms with Gasteiger partial charge in [0.25, 0.3) is 0 Å². The van der Waals surface area contributed by atoms with Gasteiger partial charge in [-0.3, -0.25) is 4.79 Å². The fourth-order valence-electron chi connectivity index (χ4n) is 3.47. The zero-order valence-electron chi connectivity index (χ0n) is 15.2. The van der Waals surface area contributed by atoms with Crippen molar-refractivity contribution in [2.24, 2.45) is 0 Å². The number of hydrogen-bond donors (Lipinski definition) is 1. The number of anilines is 1. The summed E-state index contributed by atoms with van der Waals surface area (Å²) < 4.78 is 12.9. The fraction of sp³-hybridized carbons (Fsp3) is 0.0909. The molecule has 5 rings (SSSR count). The highest BCUT2D eigenvalue weighted by molar-refractivity contribution is 7.99. The number of thioether (sulfide) groups is 1. The maximum Gasteiger partial charge on any atom is 0.225 e. The first-order valence-corrected chi connectivity index (χ1v) is 10.1. The molecule has 1 aliphatic carbocycles. The molecule has 142 valence electrons. The number of nitrogens with one attached hydrogen (secondary N) is 1. The van der Waals surface area contributed by atoms with Gasteiger partial charge in [0, 0.05) is 34.4 Å². The van der Waals surface area contributed by atoms with Crippen LogP contribution in [0, 0.1) is 5.82 Å². The molecule has 1 heterocycles. The molecular weight excluding hydrogens is 387 g/mol. The van der Waals surface area contributed by atoms with E-state index in [2.05, 4.69) is 33.7 Å². The number of rotatable bonds is 5. The quantitative estimate of drug-likeness (QED) is 0.422. The smallest absolute Gasteiger partial charge is 0.225 e. The number of nitrogens with zero attached hydrogens (tertiary/aromatic N) is 3. The van der Waals surface area contributed by atoms with Crippen LogP contribution in [-0.2, 0) is 4.79 Å². The van der Waals surface area contributed by atoms with E-state index >= 15 is 0 Å². The standard InChI is InChI=1S/C22H15FN4OS/c23-14-7-9-15(10-8-14)24-18(28)11-12-29-22-25-20-16-5-1-3-13-4-2-6-17(19(13)16)21(20)26-27-22/h1-10H,11-12H2,(H,24,28). The predicted molar refractivity (Wildman–Crippen MR) is 112 cm³/mol. The Hall–Kier alpha value is -3.32. The van der Waals surface area contributed by atoms with Gasteiger partial charge in [0.15, 0.2) is 0 Å². The number of benzene rings is 3. The molecule has 1 amide bonds. The van der Waals surface area contributed by atoms with E-state index in [1.165, 1.54) is 36.0 Å². The molecule has 4 aromatic rings. The van der Waals surface area contributed by atoms with Crippen molar-refractivity contribution in [1.29, 1.82) is 0 Å². The molecule has 0 aliphatic heterocycles. The molecule has 0 saturated heterocycles. The topological polar surface area (TPSA) is 67.8 Å². The van der Waals surface area contributed by atoms with E-state index in [1.54, 1.807) is 0 Å². The van der Waals surface area contributed by atoms with Gasteiger partial charge in [0.1, 0.15) is 17.2 Å². The van der Waals surface area contributed by atoms with Crippen molar-refractivity contribution >= 4 is 34.1 Å². The monoisotopic (exact) mass is 402 g/mol. The molecule has 5 nitrogen and oxygen atoms in total. The van der Waals surface area contributed by atoms with Crippen LogP contribution >= 0.6 is 11.8 Å². The summed E-state index contributed by atoms with van der Waals surface area (Å²) in [6, 6.07) is 18.0. The molecule has 1 aliphatic rings. The lowest BCUT2D eigenvalue weighted by molar-refractivity contribution is -0.115. The second-order valence-electron chi connectivity index (χ2n) is 6.65. The lowest BCUT2D eigenvalue weighted by Crippen LogP contribution is -2.12. The van der Waals surface area contributed by atoms with Crippen molar-refractivity contribution in [3.63, 3.8) is 0 Å². The van der Waals surface area contributed by atoms with E-state index in [-0.39, 0.29) is 18.1 Å². The molecular formula is C22H15FN4OS. The Bertz CT molecular complexity index is 1240. The predicted octanol–water partition coefficient (Wildman–Crippen LogP) is 4.93. The number of hydrogen-bond acceptors (Lipinski definition) is 5. The molecule has 0 bridgehead atoms.